The molecule has 1 aliphatic heterocycles. The Balaban J connectivity index is 1.61. The lowest BCUT2D eigenvalue weighted by Crippen LogP contribution is -2.22. The zero-order valence-electron chi connectivity index (χ0n) is 14.6. The number of benzene rings is 1. The minimum Gasteiger partial charge on any atom is -0.357 e. The summed E-state index contributed by atoms with van der Waals surface area (Å²) in [5.74, 6) is -0.195. The number of nitrogens with one attached hydrogen (secondary N) is 1. The molecule has 140 valence electrons. The lowest BCUT2D eigenvalue weighted by atomic mass is 10.1. The molecule has 1 amide bonds. The lowest BCUT2D eigenvalue weighted by Gasteiger charge is -2.16. The Labute approximate surface area is 155 Å². The van der Waals surface area contributed by atoms with Gasteiger partial charge in [-0.2, -0.15) is 0 Å². The number of amides is 1. The van der Waals surface area contributed by atoms with Crippen molar-refractivity contribution in [1.82, 2.24) is 10.3 Å². The molecule has 7 nitrogen and oxygen atoms in total. The average molecular weight is 370 g/mol. The zero-order chi connectivity index (χ0) is 19.2. The van der Waals surface area contributed by atoms with Gasteiger partial charge in [-0.05, 0) is 48.7 Å². The van der Waals surface area contributed by atoms with Crippen molar-refractivity contribution in [3.63, 3.8) is 0 Å². The number of nitrogens with zero attached hydrogens (tertiary/aromatic N) is 3. The van der Waals surface area contributed by atoms with E-state index in [1.54, 1.807) is 6.20 Å². The number of nitro benzene ring substituents is 1. The first-order valence-electron chi connectivity index (χ1n) is 8.62. The summed E-state index contributed by atoms with van der Waals surface area (Å²) in [6, 6.07) is 6.98. The van der Waals surface area contributed by atoms with E-state index in [-0.39, 0.29) is 11.3 Å². The Hall–Kier alpha value is -3.29. The molecule has 0 unspecified atom stereocenters. The van der Waals surface area contributed by atoms with Crippen molar-refractivity contribution in [1.29, 1.82) is 0 Å². The molecule has 0 spiro atoms. The minimum absolute atomic E-state index is 0.164. The second-order valence-corrected chi connectivity index (χ2v) is 6.23. The molecular formula is C19H19FN4O3. The fraction of sp³-hybridized carbons (Fsp3) is 0.263. The molecule has 0 atom stereocenters. The number of hydrogen-bond donors (Lipinski definition) is 1. The Morgan fingerprint density at radius 3 is 2.81 bits per heavy atom. The van der Waals surface area contributed by atoms with E-state index in [1.807, 2.05) is 12.1 Å². The molecule has 8 heteroatoms. The van der Waals surface area contributed by atoms with Crippen LogP contribution in [0.2, 0.25) is 0 Å². The fourth-order valence-corrected chi connectivity index (χ4v) is 2.92. The quantitative estimate of drug-likeness (QED) is 0.480. The third-order valence-corrected chi connectivity index (χ3v) is 4.31. The van der Waals surface area contributed by atoms with Crippen LogP contribution in [0.15, 0.2) is 42.6 Å². The SMILES string of the molecule is O=C(C=Cc1ccc(F)cc1[N+](=O)[O-])NCc1ccnc(N2CCCC2)c1. The molecule has 1 aliphatic rings. The first-order chi connectivity index (χ1) is 13.0. The number of carbonyl (C=O) groups is 1. The fourth-order valence-electron chi connectivity index (χ4n) is 2.92. The summed E-state index contributed by atoms with van der Waals surface area (Å²) in [7, 11) is 0. The summed E-state index contributed by atoms with van der Waals surface area (Å²) in [5, 5.41) is 13.7. The maximum Gasteiger partial charge on any atom is 0.279 e. The predicted molar refractivity (Wildman–Crippen MR) is 99.6 cm³/mol. The van der Waals surface area contributed by atoms with Gasteiger partial charge in [0.1, 0.15) is 11.6 Å². The van der Waals surface area contributed by atoms with Crippen LogP contribution in [-0.4, -0.2) is 28.9 Å². The summed E-state index contributed by atoms with van der Waals surface area (Å²) in [6.45, 7) is 2.29. The largest absolute Gasteiger partial charge is 0.357 e. The van der Waals surface area contributed by atoms with Crippen molar-refractivity contribution >= 4 is 23.5 Å². The van der Waals surface area contributed by atoms with Crippen LogP contribution in [0.4, 0.5) is 15.9 Å². The molecule has 1 aromatic heterocycles. The summed E-state index contributed by atoms with van der Waals surface area (Å²) in [4.78, 5) is 28.9. The maximum absolute atomic E-state index is 13.1. The number of aromatic nitrogens is 1. The van der Waals surface area contributed by atoms with Gasteiger partial charge in [0.25, 0.3) is 5.69 Å². The van der Waals surface area contributed by atoms with Crippen LogP contribution in [0.25, 0.3) is 6.08 Å². The maximum atomic E-state index is 13.1. The molecule has 1 aromatic carbocycles. The first kappa shape index (κ1) is 18.5. The standard InChI is InChI=1S/C19H19FN4O3/c20-16-5-3-15(17(12-16)24(26)27)4-6-19(25)22-13-14-7-8-21-18(11-14)23-9-1-2-10-23/h3-8,11-12H,1-2,9-10,13H2,(H,22,25). The first-order valence-corrected chi connectivity index (χ1v) is 8.62. The van der Waals surface area contributed by atoms with Gasteiger partial charge in [-0.25, -0.2) is 9.37 Å². The van der Waals surface area contributed by atoms with Gasteiger partial charge in [-0.1, -0.05) is 0 Å². The third kappa shape index (κ3) is 4.87. The molecule has 0 bridgehead atoms. The molecule has 27 heavy (non-hydrogen) atoms. The number of anilines is 1. The topological polar surface area (TPSA) is 88.4 Å². The van der Waals surface area contributed by atoms with E-state index >= 15 is 0 Å². The van der Waals surface area contributed by atoms with Gasteiger partial charge in [0.2, 0.25) is 5.91 Å². The van der Waals surface area contributed by atoms with Crippen molar-refractivity contribution in [3.8, 4) is 0 Å². The number of carbonyl (C=O) groups excluding carboxylic acids is 1. The Bertz CT molecular complexity index is 879. The van der Waals surface area contributed by atoms with Gasteiger partial charge in [0.15, 0.2) is 0 Å². The number of halogens is 1. The Kier molecular flexibility index (Phi) is 5.75. The molecule has 1 fully saturated rings. The van der Waals surface area contributed by atoms with E-state index in [9.17, 15) is 19.3 Å². The highest BCUT2D eigenvalue weighted by molar-refractivity contribution is 5.92. The molecular weight excluding hydrogens is 351 g/mol. The zero-order valence-corrected chi connectivity index (χ0v) is 14.6. The molecule has 2 aromatic rings. The summed E-state index contributed by atoms with van der Waals surface area (Å²) in [6.07, 6.45) is 6.52. The molecule has 2 heterocycles. The predicted octanol–water partition coefficient (Wildman–Crippen LogP) is 3.06. The van der Waals surface area contributed by atoms with E-state index in [0.717, 1.165) is 49.4 Å². The summed E-state index contributed by atoms with van der Waals surface area (Å²) >= 11 is 0. The molecule has 0 saturated carbocycles. The second-order valence-electron chi connectivity index (χ2n) is 6.23. The number of nitro groups is 1. The van der Waals surface area contributed by atoms with E-state index in [2.05, 4.69) is 15.2 Å². The van der Waals surface area contributed by atoms with Crippen LogP contribution < -0.4 is 10.2 Å². The molecule has 0 radical (unpaired) electrons. The second kappa shape index (κ2) is 8.39. The van der Waals surface area contributed by atoms with E-state index in [0.29, 0.717) is 6.54 Å². The Morgan fingerprint density at radius 2 is 2.07 bits per heavy atom. The van der Waals surface area contributed by atoms with Crippen molar-refractivity contribution in [2.45, 2.75) is 19.4 Å². The van der Waals surface area contributed by atoms with Gasteiger partial charge in [-0.15, -0.1) is 0 Å². The lowest BCUT2D eigenvalue weighted by molar-refractivity contribution is -0.385. The van der Waals surface area contributed by atoms with Crippen molar-refractivity contribution in [2.24, 2.45) is 0 Å². The normalized spacial score (nSPS) is 13.9. The van der Waals surface area contributed by atoms with Crippen LogP contribution in [0.1, 0.15) is 24.0 Å². The smallest absolute Gasteiger partial charge is 0.279 e. The molecule has 1 N–H and O–H groups in total. The van der Waals surface area contributed by atoms with Gasteiger partial charge in [0.05, 0.1) is 16.6 Å². The van der Waals surface area contributed by atoms with Gasteiger partial charge >= 0.3 is 0 Å². The van der Waals surface area contributed by atoms with Crippen molar-refractivity contribution in [2.75, 3.05) is 18.0 Å². The highest BCUT2D eigenvalue weighted by atomic mass is 19.1. The van der Waals surface area contributed by atoms with Crippen LogP contribution >= 0.6 is 0 Å². The number of rotatable bonds is 6. The monoisotopic (exact) mass is 370 g/mol. The van der Waals surface area contributed by atoms with Crippen molar-refractivity contribution < 1.29 is 14.1 Å². The van der Waals surface area contributed by atoms with Crippen molar-refractivity contribution in [3.05, 3.63) is 69.7 Å². The number of pyridine rings is 1. The van der Waals surface area contributed by atoms with Gasteiger partial charge in [-0.3, -0.25) is 14.9 Å². The van der Waals surface area contributed by atoms with Gasteiger partial charge < -0.3 is 10.2 Å². The van der Waals surface area contributed by atoms with E-state index in [4.69, 9.17) is 0 Å². The van der Waals surface area contributed by atoms with Crippen LogP contribution in [-0.2, 0) is 11.3 Å². The van der Waals surface area contributed by atoms with Gasteiger partial charge in [0, 0.05) is 31.9 Å². The highest BCUT2D eigenvalue weighted by Crippen LogP contribution is 2.21. The summed E-state index contributed by atoms with van der Waals surface area (Å²) in [5.41, 5.74) is 0.696. The van der Waals surface area contributed by atoms with Crippen LogP contribution in [0.5, 0.6) is 0 Å². The molecule has 1 saturated heterocycles. The molecule has 0 aliphatic carbocycles. The number of hydrogen-bond acceptors (Lipinski definition) is 5. The average Bonchev–Trinajstić information content (AvgIpc) is 3.20. The minimum atomic E-state index is -0.699. The molecule has 3 rings (SSSR count). The highest BCUT2D eigenvalue weighted by Gasteiger charge is 2.14. The van der Waals surface area contributed by atoms with E-state index in [1.165, 1.54) is 18.2 Å². The van der Waals surface area contributed by atoms with Crippen LogP contribution in [0.3, 0.4) is 0 Å². The van der Waals surface area contributed by atoms with E-state index < -0.39 is 16.6 Å². The third-order valence-electron chi connectivity index (χ3n) is 4.31. The van der Waals surface area contributed by atoms with Crippen LogP contribution in [0, 0.1) is 15.9 Å². The Morgan fingerprint density at radius 1 is 1.30 bits per heavy atom. The summed E-state index contributed by atoms with van der Waals surface area (Å²) < 4.78 is 13.1.